The fourth-order valence-corrected chi connectivity index (χ4v) is 1.08. The van der Waals surface area contributed by atoms with Crippen molar-refractivity contribution in [3.8, 4) is 12.0 Å². The van der Waals surface area contributed by atoms with E-state index in [0.717, 1.165) is 0 Å². The van der Waals surface area contributed by atoms with Crippen LogP contribution in [0.2, 0.25) is 0 Å². The van der Waals surface area contributed by atoms with Gasteiger partial charge in [-0.05, 0) is 6.92 Å². The summed E-state index contributed by atoms with van der Waals surface area (Å²) in [6.07, 6.45) is -4.14. The van der Waals surface area contributed by atoms with Crippen LogP contribution in [0.1, 0.15) is 5.82 Å². The second kappa shape index (κ2) is 4.03. The molecule has 0 radical (unpaired) electrons. The van der Waals surface area contributed by atoms with Crippen LogP contribution in [0, 0.1) is 6.92 Å². The van der Waals surface area contributed by atoms with E-state index >= 15 is 0 Å². The van der Waals surface area contributed by atoms with Crippen molar-refractivity contribution < 1.29 is 29.3 Å². The summed E-state index contributed by atoms with van der Waals surface area (Å²) in [6.45, 7) is 1.46. The third-order valence-electron chi connectivity index (χ3n) is 1.87. The maximum absolute atomic E-state index is 11.3. The van der Waals surface area contributed by atoms with Gasteiger partial charge in [-0.1, -0.05) is 0 Å². The Kier molecular flexibility index (Phi) is 2.69. The topological polar surface area (TPSA) is 132 Å². The zero-order valence-corrected chi connectivity index (χ0v) is 8.52. The van der Waals surface area contributed by atoms with Gasteiger partial charge in [-0.15, -0.1) is 4.98 Å². The summed E-state index contributed by atoms with van der Waals surface area (Å²) in [5.41, 5.74) is 0. The number of hydrogen-bond acceptors (Lipinski definition) is 9. The molecule has 1 aliphatic heterocycles. The molecular formula is C8H7N3O6. The number of esters is 2. The number of carbonyl (C=O) groups excluding carboxylic acids is 2. The van der Waals surface area contributed by atoms with Gasteiger partial charge in [-0.3, -0.25) is 0 Å². The van der Waals surface area contributed by atoms with E-state index in [1.165, 1.54) is 6.92 Å². The van der Waals surface area contributed by atoms with Crippen LogP contribution in [0.4, 0.5) is 0 Å². The van der Waals surface area contributed by atoms with E-state index in [-0.39, 0.29) is 5.82 Å². The lowest BCUT2D eigenvalue weighted by molar-refractivity contribution is -0.162. The number of fused-ring (bicyclic) bond motifs is 2. The number of aliphatic hydroxyl groups is 2. The van der Waals surface area contributed by atoms with Crippen molar-refractivity contribution in [3.63, 3.8) is 0 Å². The fraction of sp³-hybridized carbons (Fsp3) is 0.375. The SMILES string of the molecule is Cc1nc2nc(n1)OC(=O)C(O)C(O)C(=O)O2. The van der Waals surface area contributed by atoms with E-state index in [1.54, 1.807) is 0 Å². The van der Waals surface area contributed by atoms with Gasteiger partial charge in [0.1, 0.15) is 5.82 Å². The minimum Gasteiger partial charge on any atom is -0.389 e. The molecular weight excluding hydrogens is 234 g/mol. The Bertz CT molecular complexity index is 450. The van der Waals surface area contributed by atoms with Crippen LogP contribution in [0.5, 0.6) is 12.0 Å². The quantitative estimate of drug-likeness (QED) is 0.482. The number of carbonyl (C=O) groups is 2. The highest BCUT2D eigenvalue weighted by Crippen LogP contribution is 2.14. The van der Waals surface area contributed by atoms with Gasteiger partial charge in [-0.2, -0.15) is 9.97 Å². The molecule has 2 heterocycles. The van der Waals surface area contributed by atoms with E-state index < -0.39 is 36.2 Å². The van der Waals surface area contributed by atoms with E-state index in [9.17, 15) is 19.8 Å². The molecule has 2 N–H and O–H groups in total. The molecule has 0 saturated carbocycles. The Hall–Kier alpha value is -2.13. The van der Waals surface area contributed by atoms with Crippen LogP contribution in [0.25, 0.3) is 0 Å². The third-order valence-corrected chi connectivity index (χ3v) is 1.87. The summed E-state index contributed by atoms with van der Waals surface area (Å²) in [5, 5.41) is 18.5. The van der Waals surface area contributed by atoms with E-state index in [2.05, 4.69) is 24.4 Å². The zero-order valence-electron chi connectivity index (χ0n) is 8.52. The number of aromatic nitrogens is 3. The average molecular weight is 241 g/mol. The van der Waals surface area contributed by atoms with Crippen molar-refractivity contribution in [1.82, 2.24) is 15.0 Å². The molecule has 1 aromatic rings. The first-order valence-corrected chi connectivity index (χ1v) is 4.49. The van der Waals surface area contributed by atoms with E-state index in [1.807, 2.05) is 0 Å². The molecule has 0 saturated heterocycles. The molecule has 9 nitrogen and oxygen atoms in total. The van der Waals surface area contributed by atoms with Crippen LogP contribution in [0.15, 0.2) is 0 Å². The lowest BCUT2D eigenvalue weighted by Gasteiger charge is -2.11. The number of nitrogens with zero attached hydrogens (tertiary/aromatic N) is 3. The van der Waals surface area contributed by atoms with Crippen LogP contribution in [-0.2, 0) is 9.59 Å². The maximum Gasteiger partial charge on any atom is 0.346 e. The highest BCUT2D eigenvalue weighted by molar-refractivity contribution is 5.87. The summed E-state index contributed by atoms with van der Waals surface area (Å²) in [7, 11) is 0. The van der Waals surface area contributed by atoms with Gasteiger partial charge in [0.25, 0.3) is 0 Å². The second-order valence-electron chi connectivity index (χ2n) is 3.18. The predicted octanol–water partition coefficient (Wildman–Crippen LogP) is -2.27. The maximum atomic E-state index is 11.3. The van der Waals surface area contributed by atoms with Crippen LogP contribution >= 0.6 is 0 Å². The van der Waals surface area contributed by atoms with Crippen molar-refractivity contribution in [3.05, 3.63) is 5.82 Å². The minimum absolute atomic E-state index is 0.150. The van der Waals surface area contributed by atoms with Gasteiger partial charge in [0.2, 0.25) is 0 Å². The minimum atomic E-state index is -2.07. The summed E-state index contributed by atoms with van der Waals surface area (Å²) < 4.78 is 9.09. The highest BCUT2D eigenvalue weighted by atomic mass is 16.6. The fourth-order valence-electron chi connectivity index (χ4n) is 1.08. The van der Waals surface area contributed by atoms with Crippen molar-refractivity contribution in [2.75, 3.05) is 0 Å². The lowest BCUT2D eigenvalue weighted by Crippen LogP contribution is -2.43. The first-order valence-electron chi connectivity index (χ1n) is 4.49. The molecule has 90 valence electrons. The third kappa shape index (κ3) is 2.19. The number of ether oxygens (including phenoxy) is 2. The summed E-state index contributed by atoms with van der Waals surface area (Å²) in [5.74, 6) is -2.36. The predicted molar refractivity (Wildman–Crippen MR) is 47.8 cm³/mol. The molecule has 0 fully saturated rings. The highest BCUT2D eigenvalue weighted by Gasteiger charge is 2.36. The zero-order chi connectivity index (χ0) is 12.6. The first-order chi connectivity index (χ1) is 7.97. The number of aliphatic hydroxyl groups excluding tert-OH is 2. The molecule has 2 atom stereocenters. The summed E-state index contributed by atoms with van der Waals surface area (Å²) >= 11 is 0. The van der Waals surface area contributed by atoms with Gasteiger partial charge in [0, 0.05) is 0 Å². The van der Waals surface area contributed by atoms with Gasteiger partial charge in [0.15, 0.2) is 12.2 Å². The van der Waals surface area contributed by atoms with E-state index in [4.69, 9.17) is 0 Å². The molecule has 2 bridgehead atoms. The van der Waals surface area contributed by atoms with E-state index in [0.29, 0.717) is 0 Å². The molecule has 0 amide bonds. The first kappa shape index (κ1) is 11.4. The summed E-state index contributed by atoms with van der Waals surface area (Å²) in [6, 6.07) is -0.836. The van der Waals surface area contributed by atoms with Gasteiger partial charge in [0.05, 0.1) is 0 Å². The molecule has 2 rings (SSSR count). The Balaban J connectivity index is 2.45. The molecule has 1 aliphatic rings. The van der Waals surface area contributed by atoms with Crippen molar-refractivity contribution in [1.29, 1.82) is 0 Å². The van der Waals surface area contributed by atoms with Gasteiger partial charge >= 0.3 is 24.0 Å². The Labute approximate surface area is 94.0 Å². The van der Waals surface area contributed by atoms with Crippen molar-refractivity contribution in [2.24, 2.45) is 0 Å². The van der Waals surface area contributed by atoms with Crippen LogP contribution < -0.4 is 9.47 Å². The second-order valence-corrected chi connectivity index (χ2v) is 3.18. The smallest absolute Gasteiger partial charge is 0.346 e. The normalized spacial score (nSPS) is 24.2. The van der Waals surface area contributed by atoms with Crippen molar-refractivity contribution in [2.45, 2.75) is 19.1 Å². The Morgan fingerprint density at radius 3 is 1.76 bits per heavy atom. The number of rotatable bonds is 0. The molecule has 9 heteroatoms. The Morgan fingerprint density at radius 1 is 0.941 bits per heavy atom. The molecule has 17 heavy (non-hydrogen) atoms. The molecule has 0 aromatic carbocycles. The molecule has 2 unspecified atom stereocenters. The van der Waals surface area contributed by atoms with Crippen LogP contribution in [-0.4, -0.2) is 49.3 Å². The molecule has 0 spiro atoms. The standard InChI is InChI=1S/C8H7N3O6/c1-2-9-7-11-8(10-2)17-6(15)4(13)3(12)5(14)16-7/h3-4,12-13H,1H3. The van der Waals surface area contributed by atoms with Crippen molar-refractivity contribution >= 4 is 11.9 Å². The summed E-state index contributed by atoms with van der Waals surface area (Å²) in [4.78, 5) is 33.3. The largest absolute Gasteiger partial charge is 0.389 e. The monoisotopic (exact) mass is 241 g/mol. The molecule has 0 aliphatic carbocycles. The number of aryl methyl sites for hydroxylation is 1. The number of hydrogen-bond donors (Lipinski definition) is 2. The van der Waals surface area contributed by atoms with Crippen LogP contribution in [0.3, 0.4) is 0 Å². The Morgan fingerprint density at radius 2 is 1.35 bits per heavy atom. The average Bonchev–Trinajstić information content (AvgIpc) is 2.26. The van der Waals surface area contributed by atoms with Gasteiger partial charge in [-0.25, -0.2) is 9.59 Å². The van der Waals surface area contributed by atoms with Gasteiger partial charge < -0.3 is 19.7 Å². The lowest BCUT2D eigenvalue weighted by atomic mass is 10.2. The molecule has 1 aromatic heterocycles.